The highest BCUT2D eigenvalue weighted by Crippen LogP contribution is 2.22. The first-order valence-electron chi connectivity index (χ1n) is 11.1. The first kappa shape index (κ1) is 25.0. The summed E-state index contributed by atoms with van der Waals surface area (Å²) in [7, 11) is 0. The maximum Gasteiger partial charge on any atom is 0.223 e. The molecule has 3 rings (SSSR count). The highest BCUT2D eigenvalue weighted by molar-refractivity contribution is 6.42. The number of nitrogens with one attached hydrogen (secondary N) is 2. The Hall–Kier alpha value is -1.64. The molecule has 9 heteroatoms. The monoisotopic (exact) mass is 483 g/mol. The Labute approximate surface area is 199 Å². The van der Waals surface area contributed by atoms with Crippen LogP contribution in [0.4, 0.5) is 0 Å². The van der Waals surface area contributed by atoms with Gasteiger partial charge in [-0.15, -0.1) is 0 Å². The van der Waals surface area contributed by atoms with Crippen LogP contribution in [0, 0.1) is 0 Å². The summed E-state index contributed by atoms with van der Waals surface area (Å²) in [6.45, 7) is 2.92. The zero-order valence-electron chi connectivity index (χ0n) is 18.1. The predicted molar refractivity (Wildman–Crippen MR) is 125 cm³/mol. The fourth-order valence-electron chi connectivity index (χ4n) is 3.94. The molecule has 0 aromatic heterocycles. The molecule has 0 radical (unpaired) electrons. The van der Waals surface area contributed by atoms with E-state index in [4.69, 9.17) is 27.9 Å². The van der Waals surface area contributed by atoms with Gasteiger partial charge < -0.3 is 25.4 Å². The molecule has 0 saturated carbocycles. The number of aliphatic hydroxyl groups excluding tert-OH is 1. The van der Waals surface area contributed by atoms with E-state index < -0.39 is 18.2 Å². The predicted octanol–water partition coefficient (Wildman–Crippen LogP) is 2.68. The van der Waals surface area contributed by atoms with Crippen molar-refractivity contribution >= 4 is 35.0 Å². The number of nitrogens with zero attached hydrogens (tertiary/aromatic N) is 1. The Bertz CT molecular complexity index is 814. The van der Waals surface area contributed by atoms with Gasteiger partial charge >= 0.3 is 0 Å². The summed E-state index contributed by atoms with van der Waals surface area (Å²) in [6.07, 6.45) is 6.69. The minimum absolute atomic E-state index is 0.0647. The lowest BCUT2D eigenvalue weighted by atomic mass is 10.0. The van der Waals surface area contributed by atoms with Gasteiger partial charge in [0.1, 0.15) is 6.10 Å². The molecule has 176 valence electrons. The van der Waals surface area contributed by atoms with Crippen molar-refractivity contribution in [1.29, 1.82) is 0 Å². The summed E-state index contributed by atoms with van der Waals surface area (Å²) in [6, 6.07) is 4.78. The molecule has 2 amide bonds. The third kappa shape index (κ3) is 7.74. The molecule has 1 fully saturated rings. The van der Waals surface area contributed by atoms with E-state index >= 15 is 0 Å². The Kier molecular flexibility index (Phi) is 9.81. The van der Waals surface area contributed by atoms with E-state index in [0.717, 1.165) is 25.2 Å². The molecule has 3 N–H and O–H groups in total. The van der Waals surface area contributed by atoms with Crippen LogP contribution in [-0.4, -0.2) is 66.3 Å². The summed E-state index contributed by atoms with van der Waals surface area (Å²) in [5, 5.41) is 16.4. The second kappa shape index (κ2) is 12.6. The zero-order chi connectivity index (χ0) is 22.9. The van der Waals surface area contributed by atoms with Crippen LogP contribution < -0.4 is 10.6 Å². The number of halogens is 2. The van der Waals surface area contributed by atoms with Crippen LogP contribution >= 0.6 is 23.2 Å². The maximum atomic E-state index is 12.3. The van der Waals surface area contributed by atoms with Crippen molar-refractivity contribution in [2.45, 2.75) is 56.9 Å². The number of ether oxygens (including phenoxy) is 1. The largest absolute Gasteiger partial charge is 0.394 e. The van der Waals surface area contributed by atoms with Crippen molar-refractivity contribution in [3.8, 4) is 0 Å². The Balaban J connectivity index is 1.42. The number of hydrogen-bond acceptors (Lipinski definition) is 5. The minimum Gasteiger partial charge on any atom is -0.394 e. The maximum absolute atomic E-state index is 12.3. The minimum atomic E-state index is -0.591. The smallest absolute Gasteiger partial charge is 0.223 e. The van der Waals surface area contributed by atoms with Crippen molar-refractivity contribution in [2.24, 2.45) is 0 Å². The summed E-state index contributed by atoms with van der Waals surface area (Å²) < 4.78 is 5.84. The molecule has 0 unspecified atom stereocenters. The first-order valence-corrected chi connectivity index (χ1v) is 11.9. The molecule has 7 nitrogen and oxygen atoms in total. The highest BCUT2D eigenvalue weighted by atomic mass is 35.5. The normalized spacial score (nSPS) is 23.7. The number of carbonyl (C=O) groups is 2. The number of piperidine rings is 1. The molecule has 1 aromatic carbocycles. The molecule has 32 heavy (non-hydrogen) atoms. The lowest BCUT2D eigenvalue weighted by Crippen LogP contribution is -2.49. The van der Waals surface area contributed by atoms with E-state index in [2.05, 4.69) is 15.5 Å². The molecule has 3 atom stereocenters. The number of amides is 2. The van der Waals surface area contributed by atoms with E-state index in [9.17, 15) is 14.7 Å². The Morgan fingerprint density at radius 3 is 2.59 bits per heavy atom. The van der Waals surface area contributed by atoms with Gasteiger partial charge in [-0.05, 0) is 43.6 Å². The van der Waals surface area contributed by atoms with E-state index in [1.54, 1.807) is 30.4 Å². The lowest BCUT2D eigenvalue weighted by Gasteiger charge is -2.32. The summed E-state index contributed by atoms with van der Waals surface area (Å²) >= 11 is 11.9. The molecule has 2 aliphatic rings. The first-order chi connectivity index (χ1) is 15.4. The van der Waals surface area contributed by atoms with Crippen molar-refractivity contribution in [3.63, 3.8) is 0 Å². The highest BCUT2D eigenvalue weighted by Gasteiger charge is 2.29. The molecule has 0 bridgehead atoms. The average Bonchev–Trinajstić information content (AvgIpc) is 2.80. The van der Waals surface area contributed by atoms with Crippen molar-refractivity contribution in [3.05, 3.63) is 46.0 Å². The van der Waals surface area contributed by atoms with Crippen LogP contribution in [-0.2, 0) is 20.9 Å². The number of carbonyl (C=O) groups excluding carboxylic acids is 2. The van der Waals surface area contributed by atoms with E-state index in [1.165, 1.54) is 19.3 Å². The molecule has 0 spiro atoms. The molecule has 1 saturated heterocycles. The topological polar surface area (TPSA) is 90.9 Å². The second-order valence-electron chi connectivity index (χ2n) is 8.26. The number of hydrogen-bond donors (Lipinski definition) is 3. The lowest BCUT2D eigenvalue weighted by molar-refractivity contribution is -0.128. The van der Waals surface area contributed by atoms with Gasteiger partial charge in [0.25, 0.3) is 0 Å². The van der Waals surface area contributed by atoms with E-state index in [1.807, 2.05) is 0 Å². The van der Waals surface area contributed by atoms with Crippen molar-refractivity contribution in [2.75, 3.05) is 26.2 Å². The molecule has 2 aliphatic heterocycles. The Morgan fingerprint density at radius 1 is 1.09 bits per heavy atom. The average molecular weight is 484 g/mol. The van der Waals surface area contributed by atoms with Gasteiger partial charge in [0.2, 0.25) is 11.8 Å². The van der Waals surface area contributed by atoms with Crippen LogP contribution in [0.5, 0.6) is 0 Å². The number of benzene rings is 1. The van der Waals surface area contributed by atoms with Gasteiger partial charge in [-0.1, -0.05) is 47.8 Å². The van der Waals surface area contributed by atoms with Crippen LogP contribution in [0.1, 0.15) is 37.7 Å². The quantitative estimate of drug-likeness (QED) is 0.469. The van der Waals surface area contributed by atoms with Crippen molar-refractivity contribution in [1.82, 2.24) is 15.5 Å². The number of likely N-dealkylation sites (tertiary alicyclic amines) is 1. The number of rotatable bonds is 9. The standard InChI is InChI=1S/C23H31Cl2N3O4/c24-18-6-4-16(12-19(18)25)14-26-23(31)13-17-5-7-20(21(15-29)32-17)27-22(30)8-11-28-9-2-1-3-10-28/h4-7,12,17,20-21,29H,1-3,8-11,13-15H2,(H,26,31)(H,27,30)/t17-,20-,21+/m1/s1. The third-order valence-electron chi connectivity index (χ3n) is 5.75. The zero-order valence-corrected chi connectivity index (χ0v) is 19.6. The molecule has 1 aromatic rings. The van der Waals surface area contributed by atoms with Gasteiger partial charge in [0.15, 0.2) is 0 Å². The summed E-state index contributed by atoms with van der Waals surface area (Å²) in [5.74, 6) is -0.253. The van der Waals surface area contributed by atoms with Crippen LogP contribution in [0.2, 0.25) is 10.0 Å². The molecule has 0 aliphatic carbocycles. The summed E-state index contributed by atoms with van der Waals surface area (Å²) in [4.78, 5) is 27.0. The Morgan fingerprint density at radius 2 is 1.88 bits per heavy atom. The fraction of sp³-hybridized carbons (Fsp3) is 0.565. The van der Waals surface area contributed by atoms with Gasteiger partial charge in [0.05, 0.1) is 35.2 Å². The van der Waals surface area contributed by atoms with Crippen LogP contribution in [0.3, 0.4) is 0 Å². The SMILES string of the molecule is O=C(C[C@H]1C=C[C@@H](NC(=O)CCN2CCCCC2)[C@H](CO)O1)NCc1ccc(Cl)c(Cl)c1. The van der Waals surface area contributed by atoms with Crippen LogP contribution in [0.15, 0.2) is 30.4 Å². The van der Waals surface area contributed by atoms with Gasteiger partial charge in [-0.25, -0.2) is 0 Å². The van der Waals surface area contributed by atoms with Crippen molar-refractivity contribution < 1.29 is 19.4 Å². The van der Waals surface area contributed by atoms with Gasteiger partial charge in [-0.2, -0.15) is 0 Å². The summed E-state index contributed by atoms with van der Waals surface area (Å²) in [5.41, 5.74) is 0.841. The van der Waals surface area contributed by atoms with E-state index in [-0.39, 0.29) is 24.8 Å². The molecular formula is C23H31Cl2N3O4. The third-order valence-corrected chi connectivity index (χ3v) is 6.49. The van der Waals surface area contributed by atoms with Gasteiger partial charge in [0, 0.05) is 19.5 Å². The number of aliphatic hydroxyl groups is 1. The molecular weight excluding hydrogens is 453 g/mol. The van der Waals surface area contributed by atoms with Gasteiger partial charge in [-0.3, -0.25) is 9.59 Å². The van der Waals surface area contributed by atoms with E-state index in [0.29, 0.717) is 23.0 Å². The fourth-order valence-corrected chi connectivity index (χ4v) is 4.26. The molecule has 2 heterocycles. The second-order valence-corrected chi connectivity index (χ2v) is 9.07. The van der Waals surface area contributed by atoms with Crippen LogP contribution in [0.25, 0.3) is 0 Å².